The lowest BCUT2D eigenvalue weighted by Crippen LogP contribution is -2.43. The molecule has 1 aromatic carbocycles. The number of nitrogens with zero attached hydrogens (tertiary/aromatic N) is 3. The Labute approximate surface area is 180 Å². The zero-order chi connectivity index (χ0) is 22.1. The molecule has 0 aliphatic heterocycles. The van der Waals surface area contributed by atoms with Crippen molar-refractivity contribution in [3.8, 4) is 0 Å². The van der Waals surface area contributed by atoms with E-state index in [4.69, 9.17) is 4.99 Å². The van der Waals surface area contributed by atoms with E-state index in [2.05, 4.69) is 48.7 Å². The number of hydrogen-bond acceptors (Lipinski definition) is 3. The standard InChI is InChI=1S/C23H36N6O/c1-7-12-25-22(30)20-11-9-10-19(14-20)15-26-23(24-8-2)27-16(3)13-21-17(4)28-29(6)18(21)5/h9-11,14,16H,7-8,12-13,15H2,1-6H3,(H,25,30)(H2,24,26,27). The summed E-state index contributed by atoms with van der Waals surface area (Å²) < 4.78 is 1.93. The van der Waals surface area contributed by atoms with Crippen molar-refractivity contribution >= 4 is 11.9 Å². The summed E-state index contributed by atoms with van der Waals surface area (Å²) in [5.41, 5.74) is 5.22. The lowest BCUT2D eigenvalue weighted by Gasteiger charge is -2.18. The molecule has 0 aliphatic rings. The summed E-state index contributed by atoms with van der Waals surface area (Å²) >= 11 is 0. The maximum atomic E-state index is 12.2. The summed E-state index contributed by atoms with van der Waals surface area (Å²) in [7, 11) is 1.98. The van der Waals surface area contributed by atoms with E-state index >= 15 is 0 Å². The molecule has 1 aromatic heterocycles. The highest BCUT2D eigenvalue weighted by molar-refractivity contribution is 5.94. The zero-order valence-electron chi connectivity index (χ0n) is 19.2. The van der Waals surface area contributed by atoms with E-state index in [9.17, 15) is 4.79 Å². The predicted octanol–water partition coefficient (Wildman–Crippen LogP) is 2.86. The van der Waals surface area contributed by atoms with Crippen LogP contribution in [-0.4, -0.2) is 40.8 Å². The quantitative estimate of drug-likeness (QED) is 0.437. The predicted molar refractivity (Wildman–Crippen MR) is 123 cm³/mol. The summed E-state index contributed by atoms with van der Waals surface area (Å²) in [5, 5.41) is 14.2. The first-order valence-corrected chi connectivity index (χ1v) is 10.8. The van der Waals surface area contributed by atoms with Crippen molar-refractivity contribution in [1.82, 2.24) is 25.7 Å². The van der Waals surface area contributed by atoms with Crippen LogP contribution < -0.4 is 16.0 Å². The summed E-state index contributed by atoms with van der Waals surface area (Å²) in [5.74, 6) is 0.730. The number of hydrogen-bond donors (Lipinski definition) is 3. The molecular formula is C23H36N6O. The third kappa shape index (κ3) is 6.61. The van der Waals surface area contributed by atoms with Crippen molar-refractivity contribution in [2.45, 2.75) is 60.0 Å². The van der Waals surface area contributed by atoms with Crippen LogP contribution in [0.5, 0.6) is 0 Å². The third-order valence-corrected chi connectivity index (χ3v) is 5.04. The molecule has 7 heteroatoms. The largest absolute Gasteiger partial charge is 0.357 e. The Balaban J connectivity index is 2.04. The first-order chi connectivity index (χ1) is 14.3. The molecule has 30 heavy (non-hydrogen) atoms. The molecule has 1 heterocycles. The van der Waals surface area contributed by atoms with Gasteiger partial charge in [0.1, 0.15) is 0 Å². The van der Waals surface area contributed by atoms with Crippen LogP contribution in [0.3, 0.4) is 0 Å². The molecule has 1 amide bonds. The number of carbonyl (C=O) groups excluding carboxylic acids is 1. The van der Waals surface area contributed by atoms with Crippen LogP contribution in [0.15, 0.2) is 29.3 Å². The first-order valence-electron chi connectivity index (χ1n) is 10.8. The summed E-state index contributed by atoms with van der Waals surface area (Å²) in [6.45, 7) is 12.4. The van der Waals surface area contributed by atoms with Crippen molar-refractivity contribution in [2.75, 3.05) is 13.1 Å². The molecule has 164 valence electrons. The van der Waals surface area contributed by atoms with E-state index in [-0.39, 0.29) is 11.9 Å². The highest BCUT2D eigenvalue weighted by Gasteiger charge is 2.14. The number of aryl methyl sites for hydroxylation is 2. The zero-order valence-corrected chi connectivity index (χ0v) is 19.2. The number of carbonyl (C=O) groups is 1. The van der Waals surface area contributed by atoms with E-state index < -0.39 is 0 Å². The van der Waals surface area contributed by atoms with Gasteiger partial charge >= 0.3 is 0 Å². The van der Waals surface area contributed by atoms with Crippen LogP contribution in [0.1, 0.15) is 60.1 Å². The average molecular weight is 413 g/mol. The second-order valence-electron chi connectivity index (χ2n) is 7.67. The van der Waals surface area contributed by atoms with Crippen LogP contribution >= 0.6 is 0 Å². The van der Waals surface area contributed by atoms with Gasteiger partial charge in [0.15, 0.2) is 5.96 Å². The van der Waals surface area contributed by atoms with Crippen molar-refractivity contribution in [3.63, 3.8) is 0 Å². The lowest BCUT2D eigenvalue weighted by molar-refractivity contribution is 0.0953. The lowest BCUT2D eigenvalue weighted by atomic mass is 10.1. The number of guanidine groups is 1. The second-order valence-corrected chi connectivity index (χ2v) is 7.67. The normalized spacial score (nSPS) is 12.5. The average Bonchev–Trinajstić information content (AvgIpc) is 2.96. The molecule has 0 spiro atoms. The topological polar surface area (TPSA) is 83.3 Å². The van der Waals surface area contributed by atoms with E-state index in [0.29, 0.717) is 18.7 Å². The number of amides is 1. The van der Waals surface area contributed by atoms with Gasteiger partial charge in [0.2, 0.25) is 0 Å². The van der Waals surface area contributed by atoms with Crippen LogP contribution in [0, 0.1) is 13.8 Å². The van der Waals surface area contributed by atoms with Crippen LogP contribution in [0.25, 0.3) is 0 Å². The van der Waals surface area contributed by atoms with Gasteiger partial charge in [-0.25, -0.2) is 4.99 Å². The van der Waals surface area contributed by atoms with E-state index in [1.165, 1.54) is 11.3 Å². The molecule has 2 rings (SSSR count). The molecule has 0 bridgehead atoms. The minimum atomic E-state index is -0.0384. The fraction of sp³-hybridized carbons (Fsp3) is 0.522. The van der Waals surface area contributed by atoms with Crippen LogP contribution in [-0.2, 0) is 20.0 Å². The fourth-order valence-electron chi connectivity index (χ4n) is 3.35. The van der Waals surface area contributed by atoms with Gasteiger partial charge in [-0.2, -0.15) is 5.10 Å². The van der Waals surface area contributed by atoms with Crippen LogP contribution in [0.4, 0.5) is 0 Å². The van der Waals surface area contributed by atoms with E-state index in [1.54, 1.807) is 0 Å². The van der Waals surface area contributed by atoms with Crippen molar-refractivity contribution in [1.29, 1.82) is 0 Å². The monoisotopic (exact) mass is 412 g/mol. The number of rotatable bonds is 9. The highest BCUT2D eigenvalue weighted by atomic mass is 16.1. The first kappa shape index (κ1) is 23.4. The van der Waals surface area contributed by atoms with Gasteiger partial charge in [-0.3, -0.25) is 9.48 Å². The Bertz CT molecular complexity index is 871. The molecule has 7 nitrogen and oxygen atoms in total. The van der Waals surface area contributed by atoms with Crippen molar-refractivity contribution in [2.24, 2.45) is 12.0 Å². The summed E-state index contributed by atoms with van der Waals surface area (Å²) in [6.07, 6.45) is 1.80. The molecule has 1 unspecified atom stereocenters. The van der Waals surface area contributed by atoms with E-state index in [0.717, 1.165) is 36.6 Å². The molecule has 1 atom stereocenters. The molecule has 3 N–H and O–H groups in total. The minimum absolute atomic E-state index is 0.0384. The van der Waals surface area contributed by atoms with Gasteiger partial charge in [0.25, 0.3) is 5.91 Å². The molecule has 0 aliphatic carbocycles. The summed E-state index contributed by atoms with van der Waals surface area (Å²) in [4.78, 5) is 16.9. The Kier molecular flexibility index (Phi) is 8.89. The molecular weight excluding hydrogens is 376 g/mol. The Morgan fingerprint density at radius 1 is 1.23 bits per heavy atom. The molecule has 2 aromatic rings. The Morgan fingerprint density at radius 2 is 2.00 bits per heavy atom. The smallest absolute Gasteiger partial charge is 0.251 e. The van der Waals surface area contributed by atoms with Gasteiger partial charge in [-0.05, 0) is 63.8 Å². The Morgan fingerprint density at radius 3 is 2.63 bits per heavy atom. The summed E-state index contributed by atoms with van der Waals surface area (Å²) in [6, 6.07) is 7.85. The SMILES string of the molecule is CCCNC(=O)c1cccc(CN=C(NCC)NC(C)Cc2c(C)nn(C)c2C)c1. The second kappa shape index (κ2) is 11.4. The highest BCUT2D eigenvalue weighted by Crippen LogP contribution is 2.14. The van der Waals surface area contributed by atoms with Crippen LogP contribution in [0.2, 0.25) is 0 Å². The number of aromatic nitrogens is 2. The van der Waals surface area contributed by atoms with Gasteiger partial charge in [0.05, 0.1) is 12.2 Å². The maximum absolute atomic E-state index is 12.2. The van der Waals surface area contributed by atoms with Crippen molar-refractivity contribution < 1.29 is 4.79 Å². The number of nitrogens with one attached hydrogen (secondary N) is 3. The number of aliphatic imine (C=N–C) groups is 1. The van der Waals surface area contributed by atoms with Crippen molar-refractivity contribution in [3.05, 3.63) is 52.3 Å². The third-order valence-electron chi connectivity index (χ3n) is 5.04. The molecule has 0 saturated carbocycles. The van der Waals surface area contributed by atoms with E-state index in [1.807, 2.05) is 42.9 Å². The van der Waals surface area contributed by atoms with Gasteiger partial charge in [-0.1, -0.05) is 19.1 Å². The van der Waals surface area contributed by atoms with Gasteiger partial charge < -0.3 is 16.0 Å². The van der Waals surface area contributed by atoms with Gasteiger partial charge in [-0.15, -0.1) is 0 Å². The minimum Gasteiger partial charge on any atom is -0.357 e. The fourth-order valence-corrected chi connectivity index (χ4v) is 3.35. The molecule has 0 saturated heterocycles. The van der Waals surface area contributed by atoms with Gasteiger partial charge in [0, 0.05) is 37.4 Å². The molecule has 0 radical (unpaired) electrons. The Hall–Kier alpha value is -2.83. The molecule has 0 fully saturated rings. The number of benzene rings is 1. The maximum Gasteiger partial charge on any atom is 0.251 e.